The van der Waals surface area contributed by atoms with Crippen molar-refractivity contribution in [1.82, 2.24) is 0 Å². The predicted octanol–water partition coefficient (Wildman–Crippen LogP) is 2.68. The first-order chi connectivity index (χ1) is 12.1. The van der Waals surface area contributed by atoms with Crippen LogP contribution in [-0.2, 0) is 24.3 Å². The molecule has 0 N–H and O–H groups in total. The molecule has 0 spiro atoms. The fourth-order valence-corrected chi connectivity index (χ4v) is 1.64. The maximum Gasteiger partial charge on any atom is 0.543 e. The van der Waals surface area contributed by atoms with Crippen LogP contribution in [0.15, 0.2) is 18.2 Å². The number of methoxy groups -OCH3 is 2. The second-order valence-corrected chi connectivity index (χ2v) is 4.66. The van der Waals surface area contributed by atoms with E-state index in [4.69, 9.17) is 14.2 Å². The summed E-state index contributed by atoms with van der Waals surface area (Å²) in [5.74, 6) is -0.113. The number of rotatable bonds is 11. The fourth-order valence-electron chi connectivity index (χ4n) is 1.64. The van der Waals surface area contributed by atoms with Crippen molar-refractivity contribution in [3.05, 3.63) is 23.8 Å². The van der Waals surface area contributed by atoms with Gasteiger partial charge in [0.2, 0.25) is 0 Å². The standard InChI is InChI=1S/C16H22O9/c1-4-5-8-21-9-10-22-16(18)24-25-23-15(17)12-6-7-13(19-2)14(11-12)20-3/h6-7,11H,4-5,8-10H2,1-3H3. The van der Waals surface area contributed by atoms with Gasteiger partial charge in [-0.3, -0.25) is 4.89 Å². The molecule has 9 nitrogen and oxygen atoms in total. The monoisotopic (exact) mass is 358 g/mol. The number of unbranched alkanes of at least 4 members (excludes halogenated alkanes) is 1. The quantitative estimate of drug-likeness (QED) is 0.256. The highest BCUT2D eigenvalue weighted by molar-refractivity contribution is 5.89. The molecule has 0 radical (unpaired) electrons. The topological polar surface area (TPSA) is 98.8 Å². The van der Waals surface area contributed by atoms with E-state index < -0.39 is 12.1 Å². The van der Waals surface area contributed by atoms with Crippen molar-refractivity contribution in [3.63, 3.8) is 0 Å². The molecule has 0 bridgehead atoms. The smallest absolute Gasteiger partial charge is 0.493 e. The van der Waals surface area contributed by atoms with Crippen LogP contribution in [0.25, 0.3) is 0 Å². The zero-order chi connectivity index (χ0) is 18.5. The highest BCUT2D eigenvalue weighted by Crippen LogP contribution is 2.27. The molecule has 1 aromatic rings. The molecule has 140 valence electrons. The van der Waals surface area contributed by atoms with E-state index in [1.54, 1.807) is 0 Å². The normalized spacial score (nSPS) is 10.0. The van der Waals surface area contributed by atoms with E-state index in [1.807, 2.05) is 6.92 Å². The Balaban J connectivity index is 2.27. The van der Waals surface area contributed by atoms with E-state index >= 15 is 0 Å². The van der Waals surface area contributed by atoms with Crippen molar-refractivity contribution in [2.24, 2.45) is 0 Å². The summed E-state index contributed by atoms with van der Waals surface area (Å²) in [6.07, 6.45) is 0.793. The summed E-state index contributed by atoms with van der Waals surface area (Å²) in [6.45, 7) is 2.86. The van der Waals surface area contributed by atoms with Crippen LogP contribution in [0.3, 0.4) is 0 Å². The third-order valence-corrected chi connectivity index (χ3v) is 2.92. The second kappa shape index (κ2) is 11.9. The summed E-state index contributed by atoms with van der Waals surface area (Å²) < 4.78 is 19.9. The van der Waals surface area contributed by atoms with Gasteiger partial charge in [-0.25, -0.2) is 14.5 Å². The van der Waals surface area contributed by atoms with Crippen LogP contribution in [0.1, 0.15) is 30.1 Å². The van der Waals surface area contributed by atoms with Crippen LogP contribution in [-0.4, -0.2) is 46.2 Å². The van der Waals surface area contributed by atoms with Gasteiger partial charge in [0, 0.05) is 6.61 Å². The van der Waals surface area contributed by atoms with Crippen LogP contribution in [0.2, 0.25) is 0 Å². The molecular weight excluding hydrogens is 336 g/mol. The number of carbonyl (C=O) groups is 2. The maximum absolute atomic E-state index is 11.8. The Morgan fingerprint density at radius 2 is 1.72 bits per heavy atom. The Labute approximate surface area is 145 Å². The minimum Gasteiger partial charge on any atom is -0.493 e. The van der Waals surface area contributed by atoms with Crippen LogP contribution in [0, 0.1) is 0 Å². The van der Waals surface area contributed by atoms with Crippen molar-refractivity contribution in [2.75, 3.05) is 34.0 Å². The van der Waals surface area contributed by atoms with Crippen LogP contribution in [0.4, 0.5) is 4.79 Å². The summed E-state index contributed by atoms with van der Waals surface area (Å²) in [5, 5.41) is 4.10. The Kier molecular flexibility index (Phi) is 9.79. The van der Waals surface area contributed by atoms with Gasteiger partial charge in [-0.1, -0.05) is 13.3 Å². The summed E-state index contributed by atoms with van der Waals surface area (Å²) in [4.78, 5) is 31.4. The lowest BCUT2D eigenvalue weighted by Crippen LogP contribution is -2.15. The average molecular weight is 358 g/mol. The number of hydrogen-bond acceptors (Lipinski definition) is 9. The van der Waals surface area contributed by atoms with Gasteiger partial charge in [0.25, 0.3) is 0 Å². The number of hydrogen-bond donors (Lipinski definition) is 0. The molecule has 0 amide bonds. The van der Waals surface area contributed by atoms with E-state index in [9.17, 15) is 9.59 Å². The summed E-state index contributed by atoms with van der Waals surface area (Å²) >= 11 is 0. The van der Waals surface area contributed by atoms with Gasteiger partial charge in [0.1, 0.15) is 6.61 Å². The van der Waals surface area contributed by atoms with E-state index in [0.717, 1.165) is 12.8 Å². The molecule has 0 aromatic heterocycles. The van der Waals surface area contributed by atoms with Crippen molar-refractivity contribution < 1.29 is 43.3 Å². The first-order valence-corrected chi connectivity index (χ1v) is 7.64. The van der Waals surface area contributed by atoms with Gasteiger partial charge < -0.3 is 18.9 Å². The molecule has 0 aliphatic heterocycles. The first-order valence-electron chi connectivity index (χ1n) is 7.64. The number of carbonyl (C=O) groups excluding carboxylic acids is 2. The van der Waals surface area contributed by atoms with Crippen molar-refractivity contribution >= 4 is 12.1 Å². The molecule has 0 fully saturated rings. The minimum absolute atomic E-state index is 0.00443. The second-order valence-electron chi connectivity index (χ2n) is 4.66. The average Bonchev–Trinajstić information content (AvgIpc) is 2.63. The lowest BCUT2D eigenvalue weighted by atomic mass is 10.2. The molecule has 0 saturated heterocycles. The maximum atomic E-state index is 11.8. The van der Waals surface area contributed by atoms with Crippen molar-refractivity contribution in [3.8, 4) is 11.5 Å². The van der Waals surface area contributed by atoms with Crippen molar-refractivity contribution in [2.45, 2.75) is 19.8 Å². The minimum atomic E-state index is -1.15. The Hall–Kier alpha value is -2.52. The van der Waals surface area contributed by atoms with Gasteiger partial charge in [0.15, 0.2) is 11.5 Å². The van der Waals surface area contributed by atoms with Gasteiger partial charge in [0.05, 0.1) is 31.4 Å². The lowest BCUT2D eigenvalue weighted by Gasteiger charge is -2.08. The molecule has 0 atom stereocenters. The molecule has 1 aromatic carbocycles. The molecule has 0 aliphatic carbocycles. The molecule has 25 heavy (non-hydrogen) atoms. The van der Waals surface area contributed by atoms with E-state index in [-0.39, 0.29) is 18.8 Å². The van der Waals surface area contributed by atoms with Gasteiger partial charge >= 0.3 is 12.1 Å². The molecule has 0 aliphatic rings. The third-order valence-electron chi connectivity index (χ3n) is 2.92. The highest BCUT2D eigenvalue weighted by atomic mass is 17.5. The van der Waals surface area contributed by atoms with E-state index in [2.05, 4.69) is 19.6 Å². The lowest BCUT2D eigenvalue weighted by molar-refractivity contribution is -0.452. The molecule has 0 unspecified atom stereocenters. The summed E-state index contributed by atoms with van der Waals surface area (Å²) in [6, 6.07) is 4.33. The van der Waals surface area contributed by atoms with E-state index in [0.29, 0.717) is 18.1 Å². The molecule has 9 heteroatoms. The summed E-state index contributed by atoms with van der Waals surface area (Å²) in [5.41, 5.74) is 0.110. The highest BCUT2D eigenvalue weighted by Gasteiger charge is 2.15. The van der Waals surface area contributed by atoms with Gasteiger partial charge in [-0.05, 0) is 24.6 Å². The molecular formula is C16H22O9. The van der Waals surface area contributed by atoms with Gasteiger partial charge in [-0.15, -0.1) is 0 Å². The number of ether oxygens (including phenoxy) is 4. The van der Waals surface area contributed by atoms with Crippen LogP contribution >= 0.6 is 0 Å². The third kappa shape index (κ3) is 7.73. The van der Waals surface area contributed by atoms with E-state index in [1.165, 1.54) is 32.4 Å². The zero-order valence-electron chi connectivity index (χ0n) is 14.4. The van der Waals surface area contributed by atoms with Crippen molar-refractivity contribution in [1.29, 1.82) is 0 Å². The number of benzene rings is 1. The predicted molar refractivity (Wildman–Crippen MR) is 84.2 cm³/mol. The molecule has 1 rings (SSSR count). The Morgan fingerprint density at radius 3 is 2.40 bits per heavy atom. The fraction of sp³-hybridized carbons (Fsp3) is 0.500. The molecule has 0 saturated carbocycles. The summed E-state index contributed by atoms with van der Waals surface area (Å²) in [7, 11) is 2.89. The van der Waals surface area contributed by atoms with Crippen LogP contribution in [0.5, 0.6) is 11.5 Å². The first kappa shape index (κ1) is 20.5. The zero-order valence-corrected chi connectivity index (χ0v) is 14.4. The Bertz CT molecular complexity index is 544. The van der Waals surface area contributed by atoms with Crippen LogP contribution < -0.4 is 9.47 Å². The Morgan fingerprint density at radius 1 is 0.960 bits per heavy atom. The SMILES string of the molecule is CCCCOCCOC(=O)OOOC(=O)c1ccc(OC)c(OC)c1. The molecule has 0 heterocycles. The largest absolute Gasteiger partial charge is 0.543 e. The van der Waals surface area contributed by atoms with Gasteiger partial charge in [-0.2, -0.15) is 0 Å².